The van der Waals surface area contributed by atoms with Gasteiger partial charge in [0, 0.05) is 63.9 Å². The smallest absolute Gasteiger partial charge is 0.227 e. The maximum absolute atomic E-state index is 14.0. The van der Waals surface area contributed by atoms with E-state index in [1.807, 2.05) is 13.8 Å². The molecule has 0 aliphatic carbocycles. The lowest BCUT2D eigenvalue weighted by molar-refractivity contribution is -0.128. The Labute approximate surface area is 188 Å². The van der Waals surface area contributed by atoms with Crippen LogP contribution in [0.3, 0.4) is 0 Å². The van der Waals surface area contributed by atoms with Crippen LogP contribution in [-0.4, -0.2) is 68.5 Å². The third kappa shape index (κ3) is 6.45. The Kier molecular flexibility index (Phi) is 9.92. The van der Waals surface area contributed by atoms with Gasteiger partial charge in [-0.1, -0.05) is 17.7 Å². The van der Waals surface area contributed by atoms with Crippen LogP contribution < -0.4 is 10.6 Å². The van der Waals surface area contributed by atoms with E-state index in [0.29, 0.717) is 23.7 Å². The van der Waals surface area contributed by atoms with E-state index in [2.05, 4.69) is 25.4 Å². The molecule has 0 unspecified atom stereocenters. The summed E-state index contributed by atoms with van der Waals surface area (Å²) in [4.78, 5) is 20.6. The van der Waals surface area contributed by atoms with Gasteiger partial charge in [0.1, 0.15) is 5.82 Å². The molecule has 0 atom stereocenters. The molecule has 1 aliphatic heterocycles. The first kappa shape index (κ1) is 24.9. The van der Waals surface area contributed by atoms with E-state index in [1.54, 1.807) is 26.2 Å². The predicted molar refractivity (Wildman–Crippen MR) is 123 cm³/mol. The number of hydrogen-bond donors (Lipinski definition) is 2. The first-order valence-electron chi connectivity index (χ1n) is 9.11. The number of nitrogens with one attached hydrogen (secondary N) is 2. The van der Waals surface area contributed by atoms with Gasteiger partial charge in [0.15, 0.2) is 5.96 Å². The summed E-state index contributed by atoms with van der Waals surface area (Å²) < 4.78 is 14.0. The highest BCUT2D eigenvalue weighted by molar-refractivity contribution is 14.0. The third-order valence-corrected chi connectivity index (χ3v) is 5.21. The minimum atomic E-state index is -0.534. The lowest BCUT2D eigenvalue weighted by Gasteiger charge is -2.37. The topological polar surface area (TPSA) is 60.0 Å². The van der Waals surface area contributed by atoms with Crippen molar-refractivity contribution in [3.05, 3.63) is 34.6 Å². The highest BCUT2D eigenvalue weighted by Crippen LogP contribution is 2.21. The zero-order chi connectivity index (χ0) is 20.0. The van der Waals surface area contributed by atoms with Gasteiger partial charge in [-0.25, -0.2) is 4.39 Å². The molecule has 2 rings (SSSR count). The molecule has 1 saturated heterocycles. The molecule has 28 heavy (non-hydrogen) atoms. The van der Waals surface area contributed by atoms with Crippen molar-refractivity contribution in [3.8, 4) is 0 Å². The molecular weight excluding hydrogens is 496 g/mol. The summed E-state index contributed by atoms with van der Waals surface area (Å²) in [5, 5.41) is 6.44. The van der Waals surface area contributed by atoms with Gasteiger partial charge < -0.3 is 15.5 Å². The highest BCUT2D eigenvalue weighted by Gasteiger charge is 2.28. The normalized spacial score (nSPS) is 15.8. The number of amides is 1. The zero-order valence-corrected chi connectivity index (χ0v) is 20.0. The lowest BCUT2D eigenvalue weighted by atomic mass is 9.92. The molecule has 1 amide bonds. The minimum absolute atomic E-state index is 0. The Morgan fingerprint density at radius 2 is 1.93 bits per heavy atom. The monoisotopic (exact) mass is 525 g/mol. The van der Waals surface area contributed by atoms with Crippen LogP contribution in [-0.2, 0) is 11.3 Å². The summed E-state index contributed by atoms with van der Waals surface area (Å²) in [7, 11) is 3.38. The number of piperazine rings is 1. The van der Waals surface area contributed by atoms with E-state index in [4.69, 9.17) is 11.6 Å². The molecule has 0 spiro atoms. The van der Waals surface area contributed by atoms with Gasteiger partial charge in [-0.3, -0.25) is 14.7 Å². The van der Waals surface area contributed by atoms with Gasteiger partial charge in [0.2, 0.25) is 5.91 Å². The van der Waals surface area contributed by atoms with Gasteiger partial charge in [0.25, 0.3) is 0 Å². The SMILES string of the molecule is CN=C(NCC(C)(C)C(=O)NC)N1CCN(Cc2c(F)cccc2Cl)CC1.I. The average Bonchev–Trinajstić information content (AvgIpc) is 2.65. The standard InChI is InChI=1S/C19H29ClFN5O.HI/c1-19(2,17(27)22-3)13-24-18(23-4)26-10-8-25(9-11-26)12-14-15(20)6-5-7-16(14)21;/h5-7H,8-13H2,1-4H3,(H,22,27)(H,23,24);1H. The van der Waals surface area contributed by atoms with Gasteiger partial charge in [-0.05, 0) is 26.0 Å². The van der Waals surface area contributed by atoms with Crippen LogP contribution in [0.25, 0.3) is 0 Å². The van der Waals surface area contributed by atoms with Gasteiger partial charge in [-0.15, -0.1) is 24.0 Å². The zero-order valence-electron chi connectivity index (χ0n) is 16.9. The molecule has 0 saturated carbocycles. The molecule has 0 bridgehead atoms. The highest BCUT2D eigenvalue weighted by atomic mass is 127. The fourth-order valence-corrected chi connectivity index (χ4v) is 3.30. The number of benzene rings is 1. The van der Waals surface area contributed by atoms with E-state index in [-0.39, 0.29) is 35.7 Å². The lowest BCUT2D eigenvalue weighted by Crippen LogP contribution is -2.54. The van der Waals surface area contributed by atoms with Gasteiger partial charge in [0.05, 0.1) is 5.41 Å². The number of rotatable bonds is 5. The Bertz CT molecular complexity index is 673. The quantitative estimate of drug-likeness (QED) is 0.353. The molecule has 1 aromatic carbocycles. The van der Waals surface area contributed by atoms with Crippen LogP contribution in [0, 0.1) is 11.2 Å². The molecule has 158 valence electrons. The minimum Gasteiger partial charge on any atom is -0.359 e. The number of aliphatic imine (C=N–C) groups is 1. The van der Waals surface area contributed by atoms with Crippen LogP contribution in [0.2, 0.25) is 5.02 Å². The predicted octanol–water partition coefficient (Wildman–Crippen LogP) is 2.56. The fourth-order valence-electron chi connectivity index (χ4n) is 3.08. The van der Waals surface area contributed by atoms with Crippen molar-refractivity contribution in [3.63, 3.8) is 0 Å². The number of hydrogen-bond acceptors (Lipinski definition) is 3. The van der Waals surface area contributed by atoms with Gasteiger partial charge >= 0.3 is 0 Å². The molecule has 0 radical (unpaired) electrons. The fraction of sp³-hybridized carbons (Fsp3) is 0.579. The Morgan fingerprint density at radius 1 is 1.29 bits per heavy atom. The van der Waals surface area contributed by atoms with Crippen LogP contribution in [0.1, 0.15) is 19.4 Å². The number of nitrogens with zero attached hydrogens (tertiary/aromatic N) is 3. The summed E-state index contributed by atoms with van der Waals surface area (Å²) in [5.74, 6) is 0.492. The molecular formula is C19H30ClFIN5O. The van der Waals surface area contributed by atoms with Crippen molar-refractivity contribution < 1.29 is 9.18 Å². The second-order valence-electron chi connectivity index (χ2n) is 7.33. The Hall–Kier alpha value is -1.13. The van der Waals surface area contributed by atoms with Crippen molar-refractivity contribution in [2.75, 3.05) is 46.8 Å². The van der Waals surface area contributed by atoms with Crippen molar-refractivity contribution in [1.82, 2.24) is 20.4 Å². The van der Waals surface area contributed by atoms with E-state index >= 15 is 0 Å². The van der Waals surface area contributed by atoms with Crippen molar-refractivity contribution in [1.29, 1.82) is 0 Å². The van der Waals surface area contributed by atoms with E-state index in [1.165, 1.54) is 6.07 Å². The van der Waals surface area contributed by atoms with E-state index < -0.39 is 5.41 Å². The average molecular weight is 526 g/mol. The van der Waals surface area contributed by atoms with Crippen molar-refractivity contribution in [2.24, 2.45) is 10.4 Å². The van der Waals surface area contributed by atoms with Crippen LogP contribution in [0.5, 0.6) is 0 Å². The summed E-state index contributed by atoms with van der Waals surface area (Å²) in [6.45, 7) is 7.87. The molecule has 1 aromatic rings. The molecule has 2 N–H and O–H groups in total. The maximum Gasteiger partial charge on any atom is 0.227 e. The van der Waals surface area contributed by atoms with E-state index in [9.17, 15) is 9.18 Å². The molecule has 9 heteroatoms. The molecule has 1 aliphatic rings. The molecule has 0 aromatic heterocycles. The van der Waals surface area contributed by atoms with Crippen molar-refractivity contribution in [2.45, 2.75) is 20.4 Å². The number of guanidine groups is 1. The second kappa shape index (κ2) is 11.2. The number of carbonyl (C=O) groups excluding carboxylic acids is 1. The van der Waals surface area contributed by atoms with E-state index in [0.717, 1.165) is 32.1 Å². The first-order valence-corrected chi connectivity index (χ1v) is 9.49. The Morgan fingerprint density at radius 3 is 2.46 bits per heavy atom. The summed E-state index contributed by atoms with van der Waals surface area (Å²) in [5.41, 5.74) is 0.0103. The number of halogens is 3. The molecule has 1 heterocycles. The number of carbonyl (C=O) groups is 1. The third-order valence-electron chi connectivity index (χ3n) is 4.86. The van der Waals surface area contributed by atoms with Crippen LogP contribution in [0.4, 0.5) is 4.39 Å². The summed E-state index contributed by atoms with van der Waals surface area (Å²) >= 11 is 6.13. The summed E-state index contributed by atoms with van der Waals surface area (Å²) in [6.07, 6.45) is 0. The summed E-state index contributed by atoms with van der Waals surface area (Å²) in [6, 6.07) is 4.78. The van der Waals surface area contributed by atoms with Gasteiger partial charge in [-0.2, -0.15) is 0 Å². The van der Waals surface area contributed by atoms with Crippen LogP contribution in [0.15, 0.2) is 23.2 Å². The Balaban J connectivity index is 0.00000392. The van der Waals surface area contributed by atoms with Crippen molar-refractivity contribution >= 4 is 47.4 Å². The first-order chi connectivity index (χ1) is 12.8. The maximum atomic E-state index is 14.0. The molecule has 1 fully saturated rings. The largest absolute Gasteiger partial charge is 0.359 e. The molecule has 6 nitrogen and oxygen atoms in total. The second-order valence-corrected chi connectivity index (χ2v) is 7.73. The van der Waals surface area contributed by atoms with Crippen LogP contribution >= 0.6 is 35.6 Å².